The van der Waals surface area contributed by atoms with Crippen molar-refractivity contribution in [3.63, 3.8) is 0 Å². The van der Waals surface area contributed by atoms with E-state index in [-0.39, 0.29) is 5.41 Å². The molecule has 0 aromatic carbocycles. The van der Waals surface area contributed by atoms with Gasteiger partial charge in [-0.25, -0.2) is 0 Å². The van der Waals surface area contributed by atoms with Crippen LogP contribution in [0.3, 0.4) is 0 Å². The molecule has 0 aromatic heterocycles. The molecule has 16 heavy (non-hydrogen) atoms. The second kappa shape index (κ2) is 4.70. The number of rotatable bonds is 5. The quantitative estimate of drug-likeness (QED) is 0.667. The molecule has 2 aliphatic rings. The highest BCUT2D eigenvalue weighted by molar-refractivity contribution is 5.87. The highest BCUT2D eigenvalue weighted by atomic mass is 16.5. The number of hydrogen-bond acceptors (Lipinski definition) is 2. The van der Waals surface area contributed by atoms with Gasteiger partial charge in [-0.2, -0.15) is 0 Å². The monoisotopic (exact) mass is 222 g/mol. The smallest absolute Gasteiger partial charge is 0.139 e. The van der Waals surface area contributed by atoms with E-state index in [0.29, 0.717) is 11.9 Å². The molecule has 0 heterocycles. The predicted molar refractivity (Wildman–Crippen MR) is 64.3 cm³/mol. The molecule has 2 rings (SSSR count). The zero-order valence-corrected chi connectivity index (χ0v) is 10.4. The van der Waals surface area contributed by atoms with Gasteiger partial charge in [0.05, 0.1) is 6.10 Å². The van der Waals surface area contributed by atoms with E-state index in [1.807, 2.05) is 0 Å². The Morgan fingerprint density at radius 2 is 2.31 bits per heavy atom. The van der Waals surface area contributed by atoms with Gasteiger partial charge in [0.2, 0.25) is 0 Å². The van der Waals surface area contributed by atoms with Crippen molar-refractivity contribution in [3.8, 4) is 0 Å². The van der Waals surface area contributed by atoms with E-state index in [4.69, 9.17) is 4.74 Å². The maximum Gasteiger partial charge on any atom is 0.139 e. The average molecular weight is 222 g/mol. The number of ketones is 1. The number of ether oxygens (including phenoxy) is 1. The Morgan fingerprint density at radius 1 is 1.56 bits per heavy atom. The van der Waals surface area contributed by atoms with Crippen molar-refractivity contribution < 1.29 is 9.53 Å². The minimum atomic E-state index is 0.0515. The Morgan fingerprint density at radius 3 is 2.94 bits per heavy atom. The van der Waals surface area contributed by atoms with Gasteiger partial charge in [0, 0.05) is 18.9 Å². The van der Waals surface area contributed by atoms with Gasteiger partial charge in [-0.3, -0.25) is 4.79 Å². The second-order valence-electron chi connectivity index (χ2n) is 5.49. The summed E-state index contributed by atoms with van der Waals surface area (Å²) in [6.07, 6.45) is 9.85. The van der Waals surface area contributed by atoms with E-state index >= 15 is 0 Å². The number of Topliss-reactive ketones (excluding diaryl/α,β-unsaturated/α-hetero) is 1. The van der Waals surface area contributed by atoms with E-state index < -0.39 is 0 Å². The number of methoxy groups -OCH3 is 1. The summed E-state index contributed by atoms with van der Waals surface area (Å²) in [5, 5.41) is 0. The molecular formula is C14H22O2. The molecule has 1 fully saturated rings. The molecule has 0 bridgehead atoms. The maximum absolute atomic E-state index is 11.9. The van der Waals surface area contributed by atoms with Crippen molar-refractivity contribution in [1.29, 1.82) is 0 Å². The molecular weight excluding hydrogens is 200 g/mol. The van der Waals surface area contributed by atoms with E-state index in [0.717, 1.165) is 44.9 Å². The lowest BCUT2D eigenvalue weighted by Crippen LogP contribution is -2.16. The highest BCUT2D eigenvalue weighted by Gasteiger charge is 2.43. The van der Waals surface area contributed by atoms with Crippen LogP contribution in [0.2, 0.25) is 0 Å². The fourth-order valence-electron chi connectivity index (χ4n) is 2.40. The lowest BCUT2D eigenvalue weighted by Gasteiger charge is -2.21. The molecule has 90 valence electrons. The first-order valence-corrected chi connectivity index (χ1v) is 6.38. The Balaban J connectivity index is 1.77. The number of allylic oxidation sites excluding steroid dienone is 1. The third-order valence-electron chi connectivity index (χ3n) is 4.09. The summed E-state index contributed by atoms with van der Waals surface area (Å²) in [6, 6.07) is 0. The summed E-state index contributed by atoms with van der Waals surface area (Å²) in [5.41, 5.74) is 1.48. The molecule has 0 radical (unpaired) electrons. The minimum absolute atomic E-state index is 0.0515. The van der Waals surface area contributed by atoms with Crippen molar-refractivity contribution in [3.05, 3.63) is 11.6 Å². The van der Waals surface area contributed by atoms with Gasteiger partial charge in [0.1, 0.15) is 5.78 Å². The van der Waals surface area contributed by atoms with Gasteiger partial charge < -0.3 is 4.74 Å². The highest BCUT2D eigenvalue weighted by Crippen LogP contribution is 2.47. The molecule has 2 aliphatic carbocycles. The fourth-order valence-corrected chi connectivity index (χ4v) is 2.40. The summed E-state index contributed by atoms with van der Waals surface area (Å²) < 4.78 is 5.38. The van der Waals surface area contributed by atoms with Gasteiger partial charge in [-0.15, -0.1) is 0 Å². The van der Waals surface area contributed by atoms with Gasteiger partial charge in [0.15, 0.2) is 0 Å². The van der Waals surface area contributed by atoms with Crippen molar-refractivity contribution in [1.82, 2.24) is 0 Å². The molecule has 0 saturated heterocycles. The SMILES string of the molecule is COC1CCC=C(CCC(=O)C2(C)CC2)C1. The van der Waals surface area contributed by atoms with Crippen LogP contribution in [0.5, 0.6) is 0 Å². The largest absolute Gasteiger partial charge is 0.381 e. The summed E-state index contributed by atoms with van der Waals surface area (Å²) >= 11 is 0. The van der Waals surface area contributed by atoms with Crippen LogP contribution in [-0.4, -0.2) is 19.0 Å². The zero-order chi connectivity index (χ0) is 11.6. The zero-order valence-electron chi connectivity index (χ0n) is 10.4. The average Bonchev–Trinajstić information content (AvgIpc) is 3.06. The Bertz CT molecular complexity index is 300. The molecule has 0 aliphatic heterocycles. The summed E-state index contributed by atoms with van der Waals surface area (Å²) in [7, 11) is 1.78. The van der Waals surface area contributed by atoms with Crippen LogP contribution in [0.15, 0.2) is 11.6 Å². The molecule has 0 N–H and O–H groups in total. The fraction of sp³-hybridized carbons (Fsp3) is 0.786. The predicted octanol–water partition coefficient (Wildman–Crippen LogP) is 3.26. The lowest BCUT2D eigenvalue weighted by molar-refractivity contribution is -0.123. The third kappa shape index (κ3) is 2.73. The van der Waals surface area contributed by atoms with Crippen molar-refractivity contribution in [2.45, 2.75) is 58.0 Å². The number of carbonyl (C=O) groups is 1. The first kappa shape index (κ1) is 11.8. The first-order chi connectivity index (χ1) is 7.64. The summed E-state index contributed by atoms with van der Waals surface area (Å²) in [5.74, 6) is 0.466. The Kier molecular flexibility index (Phi) is 3.48. The van der Waals surface area contributed by atoms with Gasteiger partial charge >= 0.3 is 0 Å². The lowest BCUT2D eigenvalue weighted by atomic mass is 9.90. The molecule has 1 unspecified atom stereocenters. The van der Waals surface area contributed by atoms with Crippen LogP contribution in [0.4, 0.5) is 0 Å². The summed E-state index contributed by atoms with van der Waals surface area (Å²) in [4.78, 5) is 11.9. The number of carbonyl (C=O) groups excluding carboxylic acids is 1. The van der Waals surface area contributed by atoms with Gasteiger partial charge in [-0.05, 0) is 38.5 Å². The maximum atomic E-state index is 11.9. The molecule has 0 spiro atoms. The molecule has 1 saturated carbocycles. The van der Waals surface area contributed by atoms with Crippen LogP contribution in [0.1, 0.15) is 51.9 Å². The van der Waals surface area contributed by atoms with Crippen LogP contribution >= 0.6 is 0 Å². The topological polar surface area (TPSA) is 26.3 Å². The molecule has 2 heteroatoms. The van der Waals surface area contributed by atoms with Crippen molar-refractivity contribution >= 4 is 5.78 Å². The second-order valence-corrected chi connectivity index (χ2v) is 5.49. The van der Waals surface area contributed by atoms with Crippen LogP contribution in [-0.2, 0) is 9.53 Å². The summed E-state index contributed by atoms with van der Waals surface area (Å²) in [6.45, 7) is 2.10. The van der Waals surface area contributed by atoms with Crippen LogP contribution in [0, 0.1) is 5.41 Å². The van der Waals surface area contributed by atoms with Crippen molar-refractivity contribution in [2.24, 2.45) is 5.41 Å². The van der Waals surface area contributed by atoms with E-state index in [2.05, 4.69) is 13.0 Å². The molecule has 1 atom stereocenters. The van der Waals surface area contributed by atoms with Crippen LogP contribution < -0.4 is 0 Å². The Hall–Kier alpha value is -0.630. The normalized spacial score (nSPS) is 27.4. The standard InChI is InChI=1S/C14H22O2/c1-14(8-9-14)13(15)7-6-11-4-3-5-12(10-11)16-2/h4,12H,3,5-10H2,1-2H3. The van der Waals surface area contributed by atoms with Gasteiger partial charge in [0.25, 0.3) is 0 Å². The third-order valence-corrected chi connectivity index (χ3v) is 4.09. The van der Waals surface area contributed by atoms with E-state index in [9.17, 15) is 4.79 Å². The first-order valence-electron chi connectivity index (χ1n) is 6.38. The van der Waals surface area contributed by atoms with E-state index in [1.165, 1.54) is 5.57 Å². The molecule has 0 aromatic rings. The number of hydrogen-bond donors (Lipinski definition) is 0. The Labute approximate surface area is 98.1 Å². The van der Waals surface area contributed by atoms with Gasteiger partial charge in [-0.1, -0.05) is 18.6 Å². The minimum Gasteiger partial charge on any atom is -0.381 e. The van der Waals surface area contributed by atoms with E-state index in [1.54, 1.807) is 7.11 Å². The van der Waals surface area contributed by atoms with Crippen LogP contribution in [0.25, 0.3) is 0 Å². The molecule has 0 amide bonds. The van der Waals surface area contributed by atoms with Crippen molar-refractivity contribution in [2.75, 3.05) is 7.11 Å². The molecule has 2 nitrogen and oxygen atoms in total.